The fraction of sp³-hybridized carbons (Fsp3) is 0.286. The van der Waals surface area contributed by atoms with Gasteiger partial charge >= 0.3 is 10.8 Å². The summed E-state index contributed by atoms with van der Waals surface area (Å²) in [6.45, 7) is 0.383. The molecule has 0 saturated carbocycles. The Balaban J connectivity index is 1.97. The van der Waals surface area contributed by atoms with Crippen molar-refractivity contribution in [2.24, 2.45) is 0 Å². The molecule has 6 heteroatoms. The van der Waals surface area contributed by atoms with Crippen LogP contribution >= 0.6 is 11.3 Å². The third-order valence-electron chi connectivity index (χ3n) is 3.41. The van der Waals surface area contributed by atoms with Crippen molar-refractivity contribution in [3.8, 4) is 11.3 Å². The standard InChI is InChI=1S/C14H12FNO3S/c15-9-3-4-10-8(6-9)7-11-13(10)16(14(19)20-11)5-1-2-12(17)18/h3-4,6H,1-2,5,7H2,(H,17,18). The number of hydrogen-bond donors (Lipinski definition) is 1. The van der Waals surface area contributed by atoms with Crippen molar-refractivity contribution in [1.82, 2.24) is 4.57 Å². The van der Waals surface area contributed by atoms with E-state index in [1.165, 1.54) is 12.1 Å². The third-order valence-corrected chi connectivity index (χ3v) is 4.39. The van der Waals surface area contributed by atoms with Crippen LogP contribution in [-0.4, -0.2) is 15.6 Å². The van der Waals surface area contributed by atoms with E-state index in [0.717, 1.165) is 33.0 Å². The molecule has 1 N–H and O–H groups in total. The van der Waals surface area contributed by atoms with Gasteiger partial charge in [0.05, 0.1) is 5.69 Å². The first kappa shape index (κ1) is 13.1. The summed E-state index contributed by atoms with van der Waals surface area (Å²) in [5.74, 6) is -1.15. The molecule has 0 radical (unpaired) electrons. The van der Waals surface area contributed by atoms with E-state index in [4.69, 9.17) is 5.11 Å². The summed E-state index contributed by atoms with van der Waals surface area (Å²) in [5, 5.41) is 8.67. The molecule has 0 spiro atoms. The van der Waals surface area contributed by atoms with E-state index in [-0.39, 0.29) is 17.1 Å². The largest absolute Gasteiger partial charge is 0.481 e. The molecule has 1 heterocycles. The number of carboxylic acids is 1. The van der Waals surface area contributed by atoms with Crippen LogP contribution in [-0.2, 0) is 17.8 Å². The molecule has 0 fully saturated rings. The number of carboxylic acid groups (broad SMARTS) is 1. The lowest BCUT2D eigenvalue weighted by Crippen LogP contribution is -2.15. The zero-order valence-corrected chi connectivity index (χ0v) is 11.4. The Kier molecular flexibility index (Phi) is 3.17. The van der Waals surface area contributed by atoms with Gasteiger partial charge in [-0.15, -0.1) is 0 Å². The van der Waals surface area contributed by atoms with Crippen molar-refractivity contribution in [3.05, 3.63) is 44.1 Å². The number of carbonyl (C=O) groups is 1. The molecule has 1 aromatic heterocycles. The summed E-state index contributed by atoms with van der Waals surface area (Å²) in [5.41, 5.74) is 2.61. The van der Waals surface area contributed by atoms with E-state index >= 15 is 0 Å². The van der Waals surface area contributed by atoms with Gasteiger partial charge in [-0.2, -0.15) is 0 Å². The summed E-state index contributed by atoms with van der Waals surface area (Å²) < 4.78 is 14.9. The van der Waals surface area contributed by atoms with Gasteiger partial charge in [-0.3, -0.25) is 14.2 Å². The lowest BCUT2D eigenvalue weighted by molar-refractivity contribution is -0.137. The maximum Gasteiger partial charge on any atom is 0.307 e. The van der Waals surface area contributed by atoms with Crippen LogP contribution in [0.15, 0.2) is 23.0 Å². The molecule has 20 heavy (non-hydrogen) atoms. The van der Waals surface area contributed by atoms with Gasteiger partial charge in [-0.05, 0) is 30.2 Å². The highest BCUT2D eigenvalue weighted by Crippen LogP contribution is 2.38. The van der Waals surface area contributed by atoms with Crippen LogP contribution in [0.25, 0.3) is 11.3 Å². The Labute approximate surface area is 118 Å². The highest BCUT2D eigenvalue weighted by atomic mass is 32.1. The smallest absolute Gasteiger partial charge is 0.307 e. The molecule has 1 aliphatic carbocycles. The minimum absolute atomic E-state index is 0.0351. The Hall–Kier alpha value is -1.95. The number of halogens is 1. The van der Waals surface area contributed by atoms with Crippen molar-refractivity contribution >= 4 is 17.3 Å². The Morgan fingerprint density at radius 3 is 3.00 bits per heavy atom. The lowest BCUT2D eigenvalue weighted by atomic mass is 10.1. The summed E-state index contributed by atoms with van der Waals surface area (Å²) in [6, 6.07) is 4.57. The zero-order chi connectivity index (χ0) is 14.3. The van der Waals surface area contributed by atoms with Gasteiger partial charge in [0.25, 0.3) is 0 Å². The van der Waals surface area contributed by atoms with Gasteiger partial charge in [0.2, 0.25) is 0 Å². The molecular weight excluding hydrogens is 281 g/mol. The molecule has 0 atom stereocenters. The van der Waals surface area contributed by atoms with Gasteiger partial charge in [0.15, 0.2) is 0 Å². The zero-order valence-electron chi connectivity index (χ0n) is 10.6. The first-order valence-corrected chi connectivity index (χ1v) is 7.11. The lowest BCUT2D eigenvalue weighted by Gasteiger charge is -2.06. The van der Waals surface area contributed by atoms with Crippen LogP contribution in [0.5, 0.6) is 0 Å². The summed E-state index contributed by atoms with van der Waals surface area (Å²) in [7, 11) is 0. The van der Waals surface area contributed by atoms with Crippen molar-refractivity contribution in [2.75, 3.05) is 0 Å². The topological polar surface area (TPSA) is 59.3 Å². The number of hydrogen-bond acceptors (Lipinski definition) is 3. The SMILES string of the molecule is O=C(O)CCCn1c2c(sc1=O)Cc1cc(F)ccc1-2. The van der Waals surface area contributed by atoms with E-state index in [1.807, 2.05) is 0 Å². The van der Waals surface area contributed by atoms with Crippen LogP contribution in [0.3, 0.4) is 0 Å². The maximum atomic E-state index is 13.2. The molecule has 4 nitrogen and oxygen atoms in total. The van der Waals surface area contributed by atoms with Gasteiger partial charge in [-0.25, -0.2) is 4.39 Å². The van der Waals surface area contributed by atoms with Gasteiger partial charge in [0.1, 0.15) is 5.82 Å². The minimum Gasteiger partial charge on any atom is -0.481 e. The van der Waals surface area contributed by atoms with Crippen molar-refractivity contribution in [1.29, 1.82) is 0 Å². The van der Waals surface area contributed by atoms with Crippen LogP contribution < -0.4 is 4.87 Å². The normalized spacial score (nSPS) is 12.2. The van der Waals surface area contributed by atoms with Crippen molar-refractivity contribution < 1.29 is 14.3 Å². The van der Waals surface area contributed by atoms with E-state index in [0.29, 0.717) is 19.4 Å². The molecule has 0 bridgehead atoms. The molecule has 0 aliphatic heterocycles. The van der Waals surface area contributed by atoms with Gasteiger partial charge in [0, 0.05) is 29.8 Å². The second kappa shape index (κ2) is 4.86. The average Bonchev–Trinajstić information content (AvgIpc) is 2.84. The highest BCUT2D eigenvalue weighted by molar-refractivity contribution is 7.09. The van der Waals surface area contributed by atoms with Crippen LogP contribution in [0.2, 0.25) is 0 Å². The maximum absolute atomic E-state index is 13.2. The predicted octanol–water partition coefficient (Wildman–Crippen LogP) is 2.48. The quantitative estimate of drug-likeness (QED) is 0.804. The number of benzene rings is 1. The molecule has 1 aliphatic rings. The average molecular weight is 293 g/mol. The Morgan fingerprint density at radius 2 is 2.25 bits per heavy atom. The summed E-state index contributed by atoms with van der Waals surface area (Å²) in [6.07, 6.45) is 1.02. The van der Waals surface area contributed by atoms with Gasteiger partial charge < -0.3 is 5.11 Å². The Morgan fingerprint density at radius 1 is 1.45 bits per heavy atom. The highest BCUT2D eigenvalue weighted by Gasteiger charge is 2.25. The molecule has 0 saturated heterocycles. The Bertz CT molecular complexity index is 747. The molecule has 104 valence electrons. The number of rotatable bonds is 4. The molecule has 0 amide bonds. The summed E-state index contributed by atoms with van der Waals surface area (Å²) in [4.78, 5) is 23.4. The second-order valence-corrected chi connectivity index (χ2v) is 5.81. The number of fused-ring (bicyclic) bond motifs is 3. The van der Waals surface area contributed by atoms with Crippen LogP contribution in [0.1, 0.15) is 23.3 Å². The molecular formula is C14H12FNO3S. The van der Waals surface area contributed by atoms with Crippen molar-refractivity contribution in [2.45, 2.75) is 25.8 Å². The van der Waals surface area contributed by atoms with Gasteiger partial charge in [-0.1, -0.05) is 11.3 Å². The van der Waals surface area contributed by atoms with E-state index in [2.05, 4.69) is 0 Å². The number of thiazole rings is 1. The molecule has 3 rings (SSSR count). The third kappa shape index (κ3) is 2.16. The minimum atomic E-state index is -0.868. The fourth-order valence-electron chi connectivity index (χ4n) is 2.57. The van der Waals surface area contributed by atoms with E-state index in [1.54, 1.807) is 10.6 Å². The second-order valence-electron chi connectivity index (χ2n) is 4.77. The molecule has 0 unspecified atom stereocenters. The predicted molar refractivity (Wildman–Crippen MR) is 73.6 cm³/mol. The van der Waals surface area contributed by atoms with E-state index < -0.39 is 5.97 Å². The summed E-state index contributed by atoms with van der Waals surface area (Å²) >= 11 is 1.16. The fourth-order valence-corrected chi connectivity index (χ4v) is 3.62. The number of aliphatic carboxylic acids is 1. The first-order chi connectivity index (χ1) is 9.56. The monoisotopic (exact) mass is 293 g/mol. The molecule has 1 aromatic carbocycles. The number of aromatic nitrogens is 1. The number of nitrogens with zero attached hydrogens (tertiary/aromatic N) is 1. The van der Waals surface area contributed by atoms with Crippen LogP contribution in [0.4, 0.5) is 4.39 Å². The first-order valence-electron chi connectivity index (χ1n) is 6.29. The van der Waals surface area contributed by atoms with E-state index in [9.17, 15) is 14.0 Å². The van der Waals surface area contributed by atoms with Crippen LogP contribution in [0, 0.1) is 5.82 Å². The van der Waals surface area contributed by atoms with Crippen molar-refractivity contribution in [3.63, 3.8) is 0 Å². The molecule has 2 aromatic rings.